The molecule has 0 radical (unpaired) electrons. The van der Waals surface area contributed by atoms with Gasteiger partial charge in [-0.05, 0) is 49.4 Å². The normalized spacial score (nSPS) is 17.7. The van der Waals surface area contributed by atoms with Crippen LogP contribution in [0.1, 0.15) is 35.2 Å². The summed E-state index contributed by atoms with van der Waals surface area (Å²) in [5, 5.41) is 0. The fourth-order valence-electron chi connectivity index (χ4n) is 4.08. The van der Waals surface area contributed by atoms with E-state index in [-0.39, 0.29) is 17.7 Å². The molecule has 2 aliphatic rings. The first-order chi connectivity index (χ1) is 12.7. The van der Waals surface area contributed by atoms with Gasteiger partial charge < -0.3 is 9.80 Å². The number of nitrogens with zero attached hydrogens (tertiary/aromatic N) is 2. The maximum absolute atomic E-state index is 13.1. The Labute approximate surface area is 154 Å². The Morgan fingerprint density at radius 3 is 2.31 bits per heavy atom. The Kier molecular flexibility index (Phi) is 4.74. The molecule has 1 fully saturated rings. The van der Waals surface area contributed by atoms with Gasteiger partial charge in [-0.15, -0.1) is 0 Å². The third kappa shape index (κ3) is 3.24. The lowest BCUT2D eigenvalue weighted by Crippen LogP contribution is -2.45. The minimum absolute atomic E-state index is 0.0148. The molecular formula is C22H24N2O2. The second-order valence-electron chi connectivity index (χ2n) is 7.15. The molecular weight excluding hydrogens is 324 g/mol. The first kappa shape index (κ1) is 16.8. The molecule has 0 atom stereocenters. The van der Waals surface area contributed by atoms with Gasteiger partial charge in [0.1, 0.15) is 0 Å². The molecule has 0 spiro atoms. The second-order valence-corrected chi connectivity index (χ2v) is 7.15. The van der Waals surface area contributed by atoms with Gasteiger partial charge >= 0.3 is 0 Å². The van der Waals surface area contributed by atoms with Crippen molar-refractivity contribution in [2.45, 2.75) is 25.7 Å². The lowest BCUT2D eigenvalue weighted by molar-refractivity contribution is -0.123. The van der Waals surface area contributed by atoms with Crippen LogP contribution in [-0.2, 0) is 11.2 Å². The summed E-state index contributed by atoms with van der Waals surface area (Å²) in [4.78, 5) is 29.5. The minimum Gasteiger partial charge on any atom is -0.339 e. The van der Waals surface area contributed by atoms with Gasteiger partial charge in [0.25, 0.3) is 5.91 Å². The van der Waals surface area contributed by atoms with Crippen LogP contribution in [0.2, 0.25) is 0 Å². The van der Waals surface area contributed by atoms with Gasteiger partial charge in [0.05, 0.1) is 0 Å². The monoisotopic (exact) mass is 348 g/mol. The van der Waals surface area contributed by atoms with E-state index >= 15 is 0 Å². The molecule has 26 heavy (non-hydrogen) atoms. The predicted molar refractivity (Wildman–Crippen MR) is 102 cm³/mol. The Balaban J connectivity index is 1.41. The first-order valence-electron chi connectivity index (χ1n) is 9.47. The number of amides is 2. The van der Waals surface area contributed by atoms with Crippen LogP contribution in [0.5, 0.6) is 0 Å². The van der Waals surface area contributed by atoms with E-state index in [4.69, 9.17) is 0 Å². The van der Waals surface area contributed by atoms with Crippen LogP contribution in [0.3, 0.4) is 0 Å². The summed E-state index contributed by atoms with van der Waals surface area (Å²) in [5.41, 5.74) is 3.07. The third-order valence-corrected chi connectivity index (χ3v) is 5.53. The Bertz CT molecular complexity index is 795. The van der Waals surface area contributed by atoms with E-state index in [1.54, 1.807) is 0 Å². The highest BCUT2D eigenvalue weighted by Gasteiger charge is 2.32. The number of hydrogen-bond acceptors (Lipinski definition) is 2. The standard InChI is InChI=1S/C22H24N2O2/c25-21(18-8-2-1-3-9-18)23-15-12-19(13-16-23)22(26)24-14-6-10-17-7-4-5-11-20(17)24/h1-5,7-9,11,19H,6,10,12-16H2. The largest absolute Gasteiger partial charge is 0.339 e. The number of hydrogen-bond donors (Lipinski definition) is 0. The van der Waals surface area contributed by atoms with Crippen molar-refractivity contribution in [3.05, 3.63) is 65.7 Å². The molecule has 0 unspecified atom stereocenters. The summed E-state index contributed by atoms with van der Waals surface area (Å²) in [6.07, 6.45) is 3.56. The fraction of sp³-hybridized carbons (Fsp3) is 0.364. The van der Waals surface area contributed by atoms with Gasteiger partial charge in [0.15, 0.2) is 0 Å². The molecule has 0 saturated carbocycles. The van der Waals surface area contributed by atoms with Gasteiger partial charge in [-0.2, -0.15) is 0 Å². The van der Waals surface area contributed by atoms with E-state index in [9.17, 15) is 9.59 Å². The summed E-state index contributed by atoms with van der Waals surface area (Å²) in [6.45, 7) is 2.11. The van der Waals surface area contributed by atoms with E-state index in [0.717, 1.165) is 43.5 Å². The summed E-state index contributed by atoms with van der Waals surface area (Å²) < 4.78 is 0. The van der Waals surface area contributed by atoms with E-state index < -0.39 is 0 Å². The number of benzene rings is 2. The molecule has 2 aliphatic heterocycles. The van der Waals surface area contributed by atoms with Crippen molar-refractivity contribution in [1.29, 1.82) is 0 Å². The summed E-state index contributed by atoms with van der Waals surface area (Å²) in [6, 6.07) is 17.6. The zero-order valence-electron chi connectivity index (χ0n) is 14.9. The number of carbonyl (C=O) groups excluding carboxylic acids is 2. The van der Waals surface area contributed by atoms with Crippen LogP contribution < -0.4 is 4.90 Å². The van der Waals surface area contributed by atoms with Crippen LogP contribution in [0.15, 0.2) is 54.6 Å². The molecule has 4 nitrogen and oxygen atoms in total. The van der Waals surface area contributed by atoms with E-state index in [1.165, 1.54) is 5.56 Å². The molecule has 2 amide bonds. The average molecular weight is 348 g/mol. The number of aryl methyl sites for hydroxylation is 1. The molecule has 134 valence electrons. The fourth-order valence-corrected chi connectivity index (χ4v) is 4.08. The highest BCUT2D eigenvalue weighted by molar-refractivity contribution is 5.97. The van der Waals surface area contributed by atoms with Gasteiger partial charge in [0, 0.05) is 36.8 Å². The van der Waals surface area contributed by atoms with Crippen LogP contribution >= 0.6 is 0 Å². The van der Waals surface area contributed by atoms with Gasteiger partial charge in [-0.25, -0.2) is 0 Å². The SMILES string of the molecule is O=C(c1ccccc1)N1CCC(C(=O)N2CCCc3ccccc32)CC1. The molecule has 0 aromatic heterocycles. The number of likely N-dealkylation sites (tertiary alicyclic amines) is 1. The maximum Gasteiger partial charge on any atom is 0.253 e. The quantitative estimate of drug-likeness (QED) is 0.833. The van der Waals surface area contributed by atoms with Gasteiger partial charge in [-0.1, -0.05) is 36.4 Å². The number of anilines is 1. The Morgan fingerprint density at radius 1 is 0.846 bits per heavy atom. The summed E-state index contributed by atoms with van der Waals surface area (Å²) >= 11 is 0. The number of piperidine rings is 1. The molecule has 4 rings (SSSR count). The topological polar surface area (TPSA) is 40.6 Å². The molecule has 0 bridgehead atoms. The molecule has 2 aromatic rings. The van der Waals surface area contributed by atoms with E-state index in [2.05, 4.69) is 12.1 Å². The maximum atomic E-state index is 13.1. The molecule has 0 N–H and O–H groups in total. The zero-order valence-corrected chi connectivity index (χ0v) is 14.9. The van der Waals surface area contributed by atoms with Gasteiger partial charge in [-0.3, -0.25) is 9.59 Å². The average Bonchev–Trinajstić information content (AvgIpc) is 2.73. The van der Waals surface area contributed by atoms with Crippen molar-refractivity contribution >= 4 is 17.5 Å². The highest BCUT2D eigenvalue weighted by atomic mass is 16.2. The van der Waals surface area contributed by atoms with Gasteiger partial charge in [0.2, 0.25) is 5.91 Å². The van der Waals surface area contributed by atoms with Crippen molar-refractivity contribution in [2.75, 3.05) is 24.5 Å². The predicted octanol–water partition coefficient (Wildman–Crippen LogP) is 3.52. The first-order valence-corrected chi connectivity index (χ1v) is 9.47. The van der Waals surface area contributed by atoms with Crippen molar-refractivity contribution in [1.82, 2.24) is 4.90 Å². The number of carbonyl (C=O) groups is 2. The Morgan fingerprint density at radius 2 is 1.54 bits per heavy atom. The molecule has 4 heteroatoms. The van der Waals surface area contributed by atoms with Crippen molar-refractivity contribution in [2.24, 2.45) is 5.92 Å². The number of para-hydroxylation sites is 1. The smallest absolute Gasteiger partial charge is 0.253 e. The highest BCUT2D eigenvalue weighted by Crippen LogP contribution is 2.30. The van der Waals surface area contributed by atoms with E-state index in [1.807, 2.05) is 52.3 Å². The second kappa shape index (κ2) is 7.32. The van der Waals surface area contributed by atoms with Crippen LogP contribution in [0.4, 0.5) is 5.69 Å². The molecule has 2 aromatic carbocycles. The van der Waals surface area contributed by atoms with Crippen molar-refractivity contribution in [3.8, 4) is 0 Å². The molecule has 2 heterocycles. The lowest BCUT2D eigenvalue weighted by atomic mass is 9.92. The zero-order chi connectivity index (χ0) is 17.9. The lowest BCUT2D eigenvalue weighted by Gasteiger charge is -2.36. The number of fused-ring (bicyclic) bond motifs is 1. The summed E-state index contributed by atoms with van der Waals surface area (Å²) in [5.74, 6) is 0.310. The van der Waals surface area contributed by atoms with Crippen LogP contribution in [0.25, 0.3) is 0 Å². The number of rotatable bonds is 2. The molecule has 0 aliphatic carbocycles. The van der Waals surface area contributed by atoms with Crippen LogP contribution in [0, 0.1) is 5.92 Å². The van der Waals surface area contributed by atoms with Crippen LogP contribution in [-0.4, -0.2) is 36.3 Å². The van der Waals surface area contributed by atoms with Crippen molar-refractivity contribution < 1.29 is 9.59 Å². The Hall–Kier alpha value is -2.62. The third-order valence-electron chi connectivity index (χ3n) is 5.53. The molecule has 1 saturated heterocycles. The van der Waals surface area contributed by atoms with Crippen molar-refractivity contribution in [3.63, 3.8) is 0 Å². The van der Waals surface area contributed by atoms with E-state index in [0.29, 0.717) is 13.1 Å². The summed E-state index contributed by atoms with van der Waals surface area (Å²) in [7, 11) is 0. The minimum atomic E-state index is 0.0148.